The minimum Gasteiger partial charge on any atom is -0.368 e. The van der Waals surface area contributed by atoms with Crippen LogP contribution >= 0.6 is 0 Å². The van der Waals surface area contributed by atoms with E-state index in [-0.39, 0.29) is 0 Å². The maximum absolute atomic E-state index is 8.49. The molecular formula is C9H13N3. The molecular weight excluding hydrogens is 150 g/mol. The van der Waals surface area contributed by atoms with Gasteiger partial charge in [0.1, 0.15) is 5.84 Å². The van der Waals surface area contributed by atoms with Crippen molar-refractivity contribution in [3.05, 3.63) is 0 Å². The maximum Gasteiger partial charge on any atom is 0.111 e. The van der Waals surface area contributed by atoms with E-state index >= 15 is 0 Å². The summed E-state index contributed by atoms with van der Waals surface area (Å²) < 4.78 is 0. The van der Waals surface area contributed by atoms with E-state index in [9.17, 15) is 0 Å². The number of hydrogen-bond acceptors (Lipinski definition) is 3. The lowest BCUT2D eigenvalue weighted by Crippen LogP contribution is -2.36. The molecule has 0 aromatic rings. The normalized spacial score (nSPS) is 33.1. The lowest BCUT2D eigenvalue weighted by molar-refractivity contribution is 0.384. The fourth-order valence-electron chi connectivity index (χ4n) is 2.06. The molecule has 3 heteroatoms. The quantitative estimate of drug-likeness (QED) is 0.631. The summed E-state index contributed by atoms with van der Waals surface area (Å²) in [6.07, 6.45) is 5.48. The monoisotopic (exact) mass is 163 g/mol. The molecule has 0 spiro atoms. The predicted molar refractivity (Wildman–Crippen MR) is 46.8 cm³/mol. The van der Waals surface area contributed by atoms with Crippen molar-refractivity contribution >= 4 is 5.84 Å². The van der Waals surface area contributed by atoms with Crippen molar-refractivity contribution in [1.82, 2.24) is 5.32 Å². The zero-order valence-corrected chi connectivity index (χ0v) is 7.08. The number of hydrogen-bond donors (Lipinski definition) is 1. The molecule has 1 heterocycles. The van der Waals surface area contributed by atoms with E-state index in [0.717, 1.165) is 5.84 Å². The molecule has 1 fully saturated rings. The number of fused-ring (bicyclic) bond motifs is 1. The van der Waals surface area contributed by atoms with Crippen LogP contribution in [0.5, 0.6) is 0 Å². The number of rotatable bonds is 1. The van der Waals surface area contributed by atoms with E-state index in [0.29, 0.717) is 18.5 Å². The molecule has 0 unspecified atom stereocenters. The van der Waals surface area contributed by atoms with Crippen LogP contribution in [0.3, 0.4) is 0 Å². The predicted octanol–water partition coefficient (Wildman–Crippen LogP) is 1.21. The first kappa shape index (κ1) is 7.60. The Morgan fingerprint density at radius 3 is 3.08 bits per heavy atom. The SMILES string of the molecule is N#CCC1=N[C@H]2CCCC[C@@H]2N1. The molecule has 0 bridgehead atoms. The van der Waals surface area contributed by atoms with Crippen LogP contribution in [0.4, 0.5) is 0 Å². The van der Waals surface area contributed by atoms with E-state index in [1.165, 1.54) is 25.7 Å². The fraction of sp³-hybridized carbons (Fsp3) is 0.778. The summed E-state index contributed by atoms with van der Waals surface area (Å²) in [6.45, 7) is 0. The van der Waals surface area contributed by atoms with Crippen LogP contribution in [0.1, 0.15) is 32.1 Å². The summed E-state index contributed by atoms with van der Waals surface area (Å²) in [5, 5.41) is 11.8. The molecule has 3 nitrogen and oxygen atoms in total. The van der Waals surface area contributed by atoms with Crippen molar-refractivity contribution in [3.8, 4) is 6.07 Å². The minimum atomic E-state index is 0.451. The molecule has 0 amide bonds. The summed E-state index contributed by atoms with van der Waals surface area (Å²) in [6, 6.07) is 3.14. The van der Waals surface area contributed by atoms with Gasteiger partial charge in [0.05, 0.1) is 18.5 Å². The number of aliphatic imine (C=N–C) groups is 1. The summed E-state index contributed by atoms with van der Waals surface area (Å²) in [5.74, 6) is 0.911. The van der Waals surface area contributed by atoms with Gasteiger partial charge < -0.3 is 5.32 Å². The highest BCUT2D eigenvalue weighted by molar-refractivity contribution is 5.86. The van der Waals surface area contributed by atoms with Crippen molar-refractivity contribution in [1.29, 1.82) is 5.26 Å². The second-order valence-corrected chi connectivity index (χ2v) is 3.51. The lowest BCUT2D eigenvalue weighted by atomic mass is 9.92. The molecule has 1 aliphatic carbocycles. The van der Waals surface area contributed by atoms with Crippen LogP contribution in [0.15, 0.2) is 4.99 Å². The molecule has 12 heavy (non-hydrogen) atoms. The van der Waals surface area contributed by atoms with Crippen molar-refractivity contribution in [2.45, 2.75) is 44.2 Å². The van der Waals surface area contributed by atoms with Crippen molar-refractivity contribution in [2.24, 2.45) is 4.99 Å². The van der Waals surface area contributed by atoms with Crippen LogP contribution in [-0.4, -0.2) is 17.9 Å². The Kier molecular flexibility index (Phi) is 1.99. The third-order valence-corrected chi connectivity index (χ3v) is 2.65. The number of nitrogens with zero attached hydrogens (tertiary/aromatic N) is 2. The third kappa shape index (κ3) is 1.29. The largest absolute Gasteiger partial charge is 0.368 e. The number of amidine groups is 1. The van der Waals surface area contributed by atoms with Gasteiger partial charge in [0.25, 0.3) is 0 Å². The van der Waals surface area contributed by atoms with Crippen molar-refractivity contribution in [2.75, 3.05) is 0 Å². The van der Waals surface area contributed by atoms with Gasteiger partial charge in [-0.3, -0.25) is 4.99 Å². The first-order valence-corrected chi connectivity index (χ1v) is 4.60. The van der Waals surface area contributed by atoms with Crippen LogP contribution in [0.2, 0.25) is 0 Å². The van der Waals surface area contributed by atoms with Crippen molar-refractivity contribution < 1.29 is 0 Å². The molecule has 2 atom stereocenters. The Balaban J connectivity index is 2.00. The first-order valence-electron chi connectivity index (χ1n) is 4.60. The van der Waals surface area contributed by atoms with Gasteiger partial charge in [-0.15, -0.1) is 0 Å². The molecule has 64 valence electrons. The highest BCUT2D eigenvalue weighted by Gasteiger charge is 2.30. The second-order valence-electron chi connectivity index (χ2n) is 3.51. The Labute approximate surface area is 72.5 Å². The van der Waals surface area contributed by atoms with Crippen LogP contribution in [0, 0.1) is 11.3 Å². The number of nitrogens with one attached hydrogen (secondary N) is 1. The van der Waals surface area contributed by atoms with Crippen molar-refractivity contribution in [3.63, 3.8) is 0 Å². The molecule has 0 radical (unpaired) electrons. The van der Waals surface area contributed by atoms with Gasteiger partial charge in [-0.1, -0.05) is 12.8 Å². The van der Waals surface area contributed by atoms with E-state index in [1.807, 2.05) is 0 Å². The van der Waals surface area contributed by atoms with Crippen LogP contribution < -0.4 is 5.32 Å². The standard InChI is InChI=1S/C9H13N3/c10-6-5-9-11-7-3-1-2-4-8(7)12-9/h7-8H,1-5H2,(H,11,12)/t7-,8-/m0/s1. The van der Waals surface area contributed by atoms with Crippen LogP contribution in [0.25, 0.3) is 0 Å². The van der Waals surface area contributed by atoms with Gasteiger partial charge in [0.2, 0.25) is 0 Å². The molecule has 0 saturated heterocycles. The van der Waals surface area contributed by atoms with Gasteiger partial charge in [-0.05, 0) is 12.8 Å². The first-order chi connectivity index (χ1) is 5.90. The van der Waals surface area contributed by atoms with E-state index in [1.54, 1.807) is 0 Å². The molecule has 2 rings (SSSR count). The Hall–Kier alpha value is -1.04. The highest BCUT2D eigenvalue weighted by atomic mass is 15.1. The highest BCUT2D eigenvalue weighted by Crippen LogP contribution is 2.24. The maximum atomic E-state index is 8.49. The summed E-state index contributed by atoms with van der Waals surface area (Å²) in [7, 11) is 0. The van der Waals surface area contributed by atoms with Gasteiger partial charge >= 0.3 is 0 Å². The fourth-order valence-corrected chi connectivity index (χ4v) is 2.06. The number of nitriles is 1. The lowest BCUT2D eigenvalue weighted by Gasteiger charge is -2.23. The average molecular weight is 163 g/mol. The molecule has 0 aromatic heterocycles. The van der Waals surface area contributed by atoms with Crippen LogP contribution in [-0.2, 0) is 0 Å². The minimum absolute atomic E-state index is 0.451. The Morgan fingerprint density at radius 2 is 2.33 bits per heavy atom. The van der Waals surface area contributed by atoms with E-state index < -0.39 is 0 Å². The van der Waals surface area contributed by atoms with E-state index in [4.69, 9.17) is 5.26 Å². The zero-order chi connectivity index (χ0) is 8.39. The topological polar surface area (TPSA) is 48.2 Å². The molecule has 2 aliphatic rings. The smallest absolute Gasteiger partial charge is 0.111 e. The van der Waals surface area contributed by atoms with E-state index in [2.05, 4.69) is 16.4 Å². The summed E-state index contributed by atoms with van der Waals surface area (Å²) in [4.78, 5) is 4.48. The second kappa shape index (κ2) is 3.14. The molecule has 1 saturated carbocycles. The average Bonchev–Trinajstić information content (AvgIpc) is 2.47. The summed E-state index contributed by atoms with van der Waals surface area (Å²) >= 11 is 0. The van der Waals surface area contributed by atoms with Gasteiger partial charge in [0, 0.05) is 6.04 Å². The summed E-state index contributed by atoms with van der Waals surface area (Å²) in [5.41, 5.74) is 0. The van der Waals surface area contributed by atoms with Gasteiger partial charge in [0.15, 0.2) is 0 Å². The van der Waals surface area contributed by atoms with Gasteiger partial charge in [-0.2, -0.15) is 5.26 Å². The zero-order valence-electron chi connectivity index (χ0n) is 7.08. The molecule has 0 aromatic carbocycles. The third-order valence-electron chi connectivity index (χ3n) is 2.65. The Bertz CT molecular complexity index is 239. The molecule has 1 N–H and O–H groups in total. The van der Waals surface area contributed by atoms with Gasteiger partial charge in [-0.25, -0.2) is 0 Å². The molecule has 1 aliphatic heterocycles. The Morgan fingerprint density at radius 1 is 1.50 bits per heavy atom.